The first kappa shape index (κ1) is 26.7. The molecule has 1 aromatic carbocycles. The fraction of sp³-hybridized carbons (Fsp3) is 0.500. The monoisotopic (exact) mass is 479 g/mol. The predicted molar refractivity (Wildman–Crippen MR) is 135 cm³/mol. The van der Waals surface area contributed by atoms with Crippen molar-refractivity contribution in [2.24, 2.45) is 17.6 Å². The first-order valence-corrected chi connectivity index (χ1v) is 12.4. The molecule has 1 saturated heterocycles. The van der Waals surface area contributed by atoms with E-state index in [1.807, 2.05) is 56.3 Å². The molecule has 4 atom stereocenters. The van der Waals surface area contributed by atoms with Gasteiger partial charge in [-0.15, -0.1) is 0 Å². The molecular formula is C28H37N3O4. The largest absolute Gasteiger partial charge is 0.361 e. The molecule has 3 N–H and O–H groups in total. The smallest absolute Gasteiger partial charge is 0.224 e. The van der Waals surface area contributed by atoms with Crippen molar-refractivity contribution < 1.29 is 19.1 Å². The van der Waals surface area contributed by atoms with E-state index in [1.165, 1.54) is 0 Å². The van der Waals surface area contributed by atoms with E-state index in [4.69, 9.17) is 10.5 Å². The van der Waals surface area contributed by atoms with Crippen molar-refractivity contribution in [2.45, 2.75) is 70.6 Å². The number of nitrogens with zero attached hydrogens (tertiary/aromatic N) is 1. The third-order valence-electron chi connectivity index (χ3n) is 6.49. The van der Waals surface area contributed by atoms with Crippen LogP contribution in [0.15, 0.2) is 54.9 Å². The highest BCUT2D eigenvalue weighted by Crippen LogP contribution is 2.30. The highest BCUT2D eigenvalue weighted by molar-refractivity contribution is 5.97. The summed E-state index contributed by atoms with van der Waals surface area (Å²) >= 11 is 0. The fourth-order valence-corrected chi connectivity index (χ4v) is 4.19. The van der Waals surface area contributed by atoms with Crippen LogP contribution in [0.4, 0.5) is 0 Å². The molecule has 0 radical (unpaired) electrons. The maximum atomic E-state index is 13.4. The number of ether oxygens (including phenoxy) is 1. The van der Waals surface area contributed by atoms with Gasteiger partial charge in [0.05, 0.1) is 18.7 Å². The number of benzene rings is 1. The van der Waals surface area contributed by atoms with Crippen molar-refractivity contribution in [3.8, 4) is 0 Å². The number of pyridine rings is 1. The first-order chi connectivity index (χ1) is 16.7. The zero-order valence-corrected chi connectivity index (χ0v) is 20.9. The van der Waals surface area contributed by atoms with Gasteiger partial charge < -0.3 is 15.8 Å². The standard InChI is InChI=1S/C28H37N3O4/c1-19(2)15-24(26(33)28(3)18-35-28)31-27(34)22(16-21-11-13-30-14-12-21)17-25(32)23(29)10-9-20-7-5-4-6-8-20/h4-8,11-14,19,22-24H,9-10,15-18,29H2,1-3H3,(H,31,34)/t22-,23+,24+,28-/m1/s1. The number of Topliss-reactive ketones (excluding diaryl/α,β-unsaturated/α-hetero) is 2. The zero-order valence-electron chi connectivity index (χ0n) is 20.9. The Hall–Kier alpha value is -2.90. The summed E-state index contributed by atoms with van der Waals surface area (Å²) in [4.78, 5) is 43.5. The number of epoxide rings is 1. The SMILES string of the molecule is CC(C)C[C@H](NC(=O)[C@@H](CC(=O)[C@@H](N)CCc1ccccc1)Cc1ccncc1)C(=O)[C@@]1(C)CO1. The number of nitrogens with two attached hydrogens (primary N) is 1. The van der Waals surface area contributed by atoms with E-state index in [2.05, 4.69) is 10.3 Å². The molecule has 7 heteroatoms. The molecule has 7 nitrogen and oxygen atoms in total. The molecule has 3 rings (SSSR count). The van der Waals surface area contributed by atoms with Gasteiger partial charge >= 0.3 is 0 Å². The Kier molecular flexibility index (Phi) is 9.29. The van der Waals surface area contributed by atoms with E-state index in [9.17, 15) is 14.4 Å². The van der Waals surface area contributed by atoms with Crippen LogP contribution in [-0.4, -0.2) is 46.7 Å². The van der Waals surface area contributed by atoms with Gasteiger partial charge in [-0.2, -0.15) is 0 Å². The van der Waals surface area contributed by atoms with Gasteiger partial charge in [-0.05, 0) is 61.8 Å². The Morgan fingerprint density at radius 1 is 1.09 bits per heavy atom. The first-order valence-electron chi connectivity index (χ1n) is 12.4. The lowest BCUT2D eigenvalue weighted by Gasteiger charge is -2.25. The Labute approximate surface area is 207 Å². The van der Waals surface area contributed by atoms with Crippen LogP contribution < -0.4 is 11.1 Å². The Bertz CT molecular complexity index is 990. The van der Waals surface area contributed by atoms with E-state index in [1.54, 1.807) is 19.3 Å². The number of hydrogen-bond donors (Lipinski definition) is 2. The zero-order chi connectivity index (χ0) is 25.4. The molecule has 0 bridgehead atoms. The number of rotatable bonds is 14. The van der Waals surface area contributed by atoms with Gasteiger partial charge in [0.1, 0.15) is 11.4 Å². The highest BCUT2D eigenvalue weighted by atomic mass is 16.6. The normalized spacial score (nSPS) is 19.6. The second-order valence-corrected chi connectivity index (χ2v) is 10.1. The molecular weight excluding hydrogens is 442 g/mol. The minimum absolute atomic E-state index is 0.0144. The summed E-state index contributed by atoms with van der Waals surface area (Å²) in [6.07, 6.45) is 5.41. The quantitative estimate of drug-likeness (QED) is 0.403. The number of aromatic nitrogens is 1. The molecule has 0 unspecified atom stereocenters. The van der Waals surface area contributed by atoms with Crippen LogP contribution in [0, 0.1) is 11.8 Å². The van der Waals surface area contributed by atoms with Crippen molar-refractivity contribution >= 4 is 17.5 Å². The van der Waals surface area contributed by atoms with Crippen LogP contribution in [0.25, 0.3) is 0 Å². The van der Waals surface area contributed by atoms with Gasteiger partial charge in [0.15, 0.2) is 5.78 Å². The summed E-state index contributed by atoms with van der Waals surface area (Å²) in [7, 11) is 0. The van der Waals surface area contributed by atoms with E-state index in [-0.39, 0.29) is 29.8 Å². The molecule has 188 valence electrons. The summed E-state index contributed by atoms with van der Waals surface area (Å²) in [6, 6.07) is 12.2. The third kappa shape index (κ3) is 8.08. The second-order valence-electron chi connectivity index (χ2n) is 10.1. The van der Waals surface area contributed by atoms with E-state index in [0.29, 0.717) is 32.3 Å². The van der Waals surface area contributed by atoms with Gasteiger partial charge in [-0.1, -0.05) is 44.2 Å². The molecule has 2 aromatic rings. The number of hydrogen-bond acceptors (Lipinski definition) is 6. The second kappa shape index (κ2) is 12.2. The summed E-state index contributed by atoms with van der Waals surface area (Å²) in [5.74, 6) is -1.01. The maximum absolute atomic E-state index is 13.4. The summed E-state index contributed by atoms with van der Waals surface area (Å²) in [5.41, 5.74) is 7.41. The summed E-state index contributed by atoms with van der Waals surface area (Å²) in [6.45, 7) is 6.13. The van der Waals surface area contributed by atoms with Crippen LogP contribution in [-0.2, 0) is 32.0 Å². The molecule has 0 saturated carbocycles. The Morgan fingerprint density at radius 2 is 1.74 bits per heavy atom. The van der Waals surface area contributed by atoms with Crippen LogP contribution in [0.5, 0.6) is 0 Å². The van der Waals surface area contributed by atoms with E-state index >= 15 is 0 Å². The van der Waals surface area contributed by atoms with Crippen molar-refractivity contribution in [1.82, 2.24) is 10.3 Å². The molecule has 1 amide bonds. The molecule has 1 aliphatic rings. The maximum Gasteiger partial charge on any atom is 0.224 e. The average molecular weight is 480 g/mol. The van der Waals surface area contributed by atoms with E-state index in [0.717, 1.165) is 11.1 Å². The van der Waals surface area contributed by atoms with Crippen LogP contribution in [0.1, 0.15) is 51.2 Å². The molecule has 2 heterocycles. The van der Waals surface area contributed by atoms with E-state index < -0.39 is 23.6 Å². The topological polar surface area (TPSA) is 115 Å². The number of ketones is 2. The van der Waals surface area contributed by atoms with Crippen molar-refractivity contribution in [3.05, 3.63) is 66.0 Å². The van der Waals surface area contributed by atoms with Crippen molar-refractivity contribution in [1.29, 1.82) is 0 Å². The fourth-order valence-electron chi connectivity index (χ4n) is 4.19. The lowest BCUT2D eigenvalue weighted by Crippen LogP contribution is -2.49. The minimum atomic E-state index is -0.830. The number of aryl methyl sites for hydroxylation is 1. The van der Waals surface area contributed by atoms with Gasteiger partial charge in [-0.3, -0.25) is 19.4 Å². The number of amides is 1. The Balaban J connectivity index is 1.69. The summed E-state index contributed by atoms with van der Waals surface area (Å²) in [5, 5.41) is 2.94. The predicted octanol–water partition coefficient (Wildman–Crippen LogP) is 3.05. The molecule has 0 aliphatic carbocycles. The van der Waals surface area contributed by atoms with Crippen LogP contribution in [0.2, 0.25) is 0 Å². The van der Waals surface area contributed by atoms with Gasteiger partial charge in [0.25, 0.3) is 0 Å². The van der Waals surface area contributed by atoms with Crippen LogP contribution >= 0.6 is 0 Å². The number of carbonyl (C=O) groups excluding carboxylic acids is 3. The molecule has 1 aliphatic heterocycles. The van der Waals surface area contributed by atoms with Gasteiger partial charge in [0.2, 0.25) is 5.91 Å². The lowest BCUT2D eigenvalue weighted by atomic mass is 9.88. The molecule has 35 heavy (non-hydrogen) atoms. The molecule has 0 spiro atoms. The van der Waals surface area contributed by atoms with Crippen LogP contribution in [0.3, 0.4) is 0 Å². The Morgan fingerprint density at radius 3 is 2.34 bits per heavy atom. The minimum Gasteiger partial charge on any atom is -0.361 e. The molecule has 1 fully saturated rings. The summed E-state index contributed by atoms with van der Waals surface area (Å²) < 4.78 is 5.34. The van der Waals surface area contributed by atoms with Crippen molar-refractivity contribution in [2.75, 3.05) is 6.61 Å². The van der Waals surface area contributed by atoms with Gasteiger partial charge in [0, 0.05) is 24.7 Å². The van der Waals surface area contributed by atoms with Crippen molar-refractivity contribution in [3.63, 3.8) is 0 Å². The number of carbonyl (C=O) groups is 3. The van der Waals surface area contributed by atoms with Gasteiger partial charge in [-0.25, -0.2) is 0 Å². The average Bonchev–Trinajstić information content (AvgIpc) is 3.60. The lowest BCUT2D eigenvalue weighted by molar-refractivity contribution is -0.134. The molecule has 1 aromatic heterocycles. The highest BCUT2D eigenvalue weighted by Gasteiger charge is 2.50. The third-order valence-corrected chi connectivity index (χ3v) is 6.49. The number of nitrogens with one attached hydrogen (secondary N) is 1.